The predicted molar refractivity (Wildman–Crippen MR) is 115 cm³/mol. The fraction of sp³-hybridized carbons (Fsp3) is 0.217. The molecular formula is C23H23N3O2S. The quantitative estimate of drug-likeness (QED) is 0.660. The van der Waals surface area contributed by atoms with Crippen LogP contribution >= 0.6 is 11.3 Å². The van der Waals surface area contributed by atoms with Gasteiger partial charge >= 0.3 is 0 Å². The third-order valence-corrected chi connectivity index (χ3v) is 6.35. The Balaban J connectivity index is 1.51. The highest BCUT2D eigenvalue weighted by atomic mass is 32.1. The maximum Gasteiger partial charge on any atom is 0.251 e. The number of nitrogens with two attached hydrogens (primary N) is 1. The summed E-state index contributed by atoms with van der Waals surface area (Å²) < 4.78 is 0. The molecule has 1 aromatic heterocycles. The highest BCUT2D eigenvalue weighted by Crippen LogP contribution is 2.30. The molecule has 1 aliphatic heterocycles. The van der Waals surface area contributed by atoms with Gasteiger partial charge < -0.3 is 11.1 Å². The smallest absolute Gasteiger partial charge is 0.251 e. The van der Waals surface area contributed by atoms with Gasteiger partial charge in [0.1, 0.15) is 0 Å². The molecule has 0 unspecified atom stereocenters. The summed E-state index contributed by atoms with van der Waals surface area (Å²) in [6.45, 7) is 2.33. The summed E-state index contributed by atoms with van der Waals surface area (Å²) in [7, 11) is 0. The van der Waals surface area contributed by atoms with Crippen LogP contribution in [-0.4, -0.2) is 29.8 Å². The SMILES string of the molecule is NC(=O)c1cccc(C(=O)NC[C@@H](c2ccccc2)N2CCc3sccc3C2)c1. The van der Waals surface area contributed by atoms with Crippen LogP contribution in [0.25, 0.3) is 0 Å². The van der Waals surface area contributed by atoms with Crippen LogP contribution in [0.3, 0.4) is 0 Å². The van der Waals surface area contributed by atoms with Crippen molar-refractivity contribution >= 4 is 23.2 Å². The minimum absolute atomic E-state index is 0.0764. The van der Waals surface area contributed by atoms with Crippen molar-refractivity contribution in [3.8, 4) is 0 Å². The number of carbonyl (C=O) groups excluding carboxylic acids is 2. The van der Waals surface area contributed by atoms with E-state index < -0.39 is 5.91 Å². The van der Waals surface area contributed by atoms with Gasteiger partial charge in [0, 0.05) is 35.6 Å². The molecule has 0 bridgehead atoms. The lowest BCUT2D eigenvalue weighted by Gasteiger charge is -2.35. The predicted octanol–water partition coefficient (Wildman–Crippen LogP) is 3.38. The number of hydrogen-bond donors (Lipinski definition) is 2. The van der Waals surface area contributed by atoms with E-state index in [0.29, 0.717) is 17.7 Å². The lowest BCUT2D eigenvalue weighted by molar-refractivity contribution is 0.0928. The maximum atomic E-state index is 12.7. The second-order valence-electron chi connectivity index (χ2n) is 7.17. The topological polar surface area (TPSA) is 75.4 Å². The number of primary amides is 1. The van der Waals surface area contributed by atoms with E-state index in [1.807, 2.05) is 29.5 Å². The average Bonchev–Trinajstić information content (AvgIpc) is 3.22. The number of hydrogen-bond acceptors (Lipinski definition) is 4. The summed E-state index contributed by atoms with van der Waals surface area (Å²) >= 11 is 1.82. The molecular weight excluding hydrogens is 382 g/mol. The van der Waals surface area contributed by atoms with Crippen molar-refractivity contribution in [2.45, 2.75) is 19.0 Å². The Morgan fingerprint density at radius 3 is 2.66 bits per heavy atom. The van der Waals surface area contributed by atoms with Crippen LogP contribution in [0.2, 0.25) is 0 Å². The fourth-order valence-corrected chi connectivity index (χ4v) is 4.66. The molecule has 148 valence electrons. The molecule has 0 spiro atoms. The van der Waals surface area contributed by atoms with Crippen molar-refractivity contribution in [3.63, 3.8) is 0 Å². The van der Waals surface area contributed by atoms with Crippen molar-refractivity contribution in [2.24, 2.45) is 5.73 Å². The normalized spacial score (nSPS) is 14.8. The first-order chi connectivity index (χ1) is 14.1. The molecule has 3 aromatic rings. The van der Waals surface area contributed by atoms with Crippen LogP contribution in [0.4, 0.5) is 0 Å². The van der Waals surface area contributed by atoms with E-state index in [-0.39, 0.29) is 11.9 Å². The van der Waals surface area contributed by atoms with Crippen molar-refractivity contribution in [2.75, 3.05) is 13.1 Å². The van der Waals surface area contributed by atoms with Gasteiger partial charge in [-0.2, -0.15) is 0 Å². The standard InChI is InChI=1S/C23H23N3O2S/c24-22(27)17-7-4-8-18(13-17)23(28)25-14-20(16-5-2-1-3-6-16)26-11-9-21-19(15-26)10-12-29-21/h1-8,10,12-13,20H,9,11,14-15H2,(H2,24,27)(H,25,28)/t20-/m0/s1. The molecule has 0 fully saturated rings. The molecule has 2 aromatic carbocycles. The Bertz CT molecular complexity index is 1020. The van der Waals surface area contributed by atoms with Crippen LogP contribution in [0.5, 0.6) is 0 Å². The fourth-order valence-electron chi connectivity index (χ4n) is 3.77. The zero-order chi connectivity index (χ0) is 20.2. The van der Waals surface area contributed by atoms with Gasteiger partial charge in [-0.3, -0.25) is 14.5 Å². The number of amides is 2. The van der Waals surface area contributed by atoms with Gasteiger partial charge in [-0.25, -0.2) is 0 Å². The molecule has 1 atom stereocenters. The average molecular weight is 406 g/mol. The van der Waals surface area contributed by atoms with Crippen molar-refractivity contribution in [1.29, 1.82) is 0 Å². The Morgan fingerprint density at radius 2 is 1.86 bits per heavy atom. The molecule has 0 saturated carbocycles. The number of benzene rings is 2. The molecule has 2 amide bonds. The number of rotatable bonds is 6. The first-order valence-electron chi connectivity index (χ1n) is 9.64. The Hall–Kier alpha value is -2.96. The Kier molecular flexibility index (Phi) is 5.74. The van der Waals surface area contributed by atoms with E-state index in [4.69, 9.17) is 5.73 Å². The Morgan fingerprint density at radius 1 is 1.07 bits per heavy atom. The van der Waals surface area contributed by atoms with E-state index in [1.54, 1.807) is 18.2 Å². The molecule has 6 heteroatoms. The number of thiophene rings is 1. The minimum Gasteiger partial charge on any atom is -0.366 e. The summed E-state index contributed by atoms with van der Waals surface area (Å²) in [6, 6.07) is 19.1. The van der Waals surface area contributed by atoms with E-state index in [1.165, 1.54) is 22.1 Å². The number of fused-ring (bicyclic) bond motifs is 1. The van der Waals surface area contributed by atoms with Gasteiger partial charge in [-0.15, -0.1) is 11.3 Å². The minimum atomic E-state index is -0.540. The first-order valence-corrected chi connectivity index (χ1v) is 10.5. The molecule has 5 nitrogen and oxygen atoms in total. The second-order valence-corrected chi connectivity index (χ2v) is 8.17. The maximum absolute atomic E-state index is 12.7. The molecule has 0 aliphatic carbocycles. The second kappa shape index (κ2) is 8.59. The van der Waals surface area contributed by atoms with Gasteiger partial charge in [0.15, 0.2) is 0 Å². The van der Waals surface area contributed by atoms with Crippen molar-refractivity contribution in [1.82, 2.24) is 10.2 Å². The molecule has 0 radical (unpaired) electrons. The van der Waals surface area contributed by atoms with Crippen LogP contribution in [0.15, 0.2) is 66.0 Å². The molecule has 2 heterocycles. The zero-order valence-electron chi connectivity index (χ0n) is 16.0. The largest absolute Gasteiger partial charge is 0.366 e. The first kappa shape index (κ1) is 19.4. The van der Waals surface area contributed by atoms with Gasteiger partial charge in [-0.1, -0.05) is 36.4 Å². The highest BCUT2D eigenvalue weighted by Gasteiger charge is 2.26. The number of nitrogens with one attached hydrogen (secondary N) is 1. The van der Waals surface area contributed by atoms with Gasteiger partial charge in [0.2, 0.25) is 5.91 Å². The molecule has 3 N–H and O–H groups in total. The summed E-state index contributed by atoms with van der Waals surface area (Å²) in [5, 5.41) is 5.20. The third kappa shape index (κ3) is 4.39. The highest BCUT2D eigenvalue weighted by molar-refractivity contribution is 7.10. The molecule has 0 saturated heterocycles. The van der Waals surface area contributed by atoms with Crippen LogP contribution in [0, 0.1) is 0 Å². The number of nitrogens with zero attached hydrogens (tertiary/aromatic N) is 1. The van der Waals surface area contributed by atoms with Crippen LogP contribution in [-0.2, 0) is 13.0 Å². The summed E-state index contributed by atoms with van der Waals surface area (Å²) in [5.41, 5.74) is 8.66. The van der Waals surface area contributed by atoms with E-state index >= 15 is 0 Å². The zero-order valence-corrected chi connectivity index (χ0v) is 16.8. The van der Waals surface area contributed by atoms with Crippen LogP contribution in [0.1, 0.15) is 42.8 Å². The molecule has 4 rings (SSSR count). The number of carbonyl (C=O) groups is 2. The summed E-state index contributed by atoms with van der Waals surface area (Å²) in [5.74, 6) is -0.746. The lowest BCUT2D eigenvalue weighted by Crippen LogP contribution is -2.40. The van der Waals surface area contributed by atoms with Gasteiger partial charge in [0.05, 0.1) is 6.04 Å². The lowest BCUT2D eigenvalue weighted by atomic mass is 10.0. The van der Waals surface area contributed by atoms with E-state index in [9.17, 15) is 9.59 Å². The van der Waals surface area contributed by atoms with Crippen molar-refractivity contribution in [3.05, 3.63) is 93.2 Å². The Labute approximate surface area is 174 Å². The van der Waals surface area contributed by atoms with Crippen LogP contribution < -0.4 is 11.1 Å². The molecule has 29 heavy (non-hydrogen) atoms. The van der Waals surface area contributed by atoms with Gasteiger partial charge in [0.25, 0.3) is 5.91 Å². The van der Waals surface area contributed by atoms with Crippen molar-refractivity contribution < 1.29 is 9.59 Å². The third-order valence-electron chi connectivity index (χ3n) is 5.33. The van der Waals surface area contributed by atoms with E-state index in [2.05, 4.69) is 33.8 Å². The van der Waals surface area contributed by atoms with Gasteiger partial charge in [-0.05, 0) is 47.2 Å². The van der Waals surface area contributed by atoms with E-state index in [0.717, 1.165) is 19.5 Å². The monoisotopic (exact) mass is 405 g/mol. The summed E-state index contributed by atoms with van der Waals surface area (Å²) in [4.78, 5) is 28.0. The molecule has 1 aliphatic rings. The summed E-state index contributed by atoms with van der Waals surface area (Å²) in [6.07, 6.45) is 1.03.